The molecule has 1 aromatic rings. The number of hydrogen-bond acceptors (Lipinski definition) is 2. The van der Waals surface area contributed by atoms with Crippen molar-refractivity contribution in [3.05, 3.63) is 29.8 Å². The Bertz CT molecular complexity index is 441. The zero-order valence-corrected chi connectivity index (χ0v) is 12.3. The van der Waals surface area contributed by atoms with Gasteiger partial charge in [-0.15, -0.1) is 0 Å². The molecule has 2 rings (SSSR count). The third-order valence-corrected chi connectivity index (χ3v) is 4.50. The van der Waals surface area contributed by atoms with E-state index in [0.717, 1.165) is 0 Å². The Balaban J connectivity index is 2.20. The van der Waals surface area contributed by atoms with Crippen molar-refractivity contribution in [2.45, 2.75) is 38.5 Å². The maximum Gasteiger partial charge on any atom is 0.0656 e. The minimum absolute atomic E-state index is 0.166. The molecule has 19 heavy (non-hydrogen) atoms. The molecule has 3 unspecified atom stereocenters. The van der Waals surface area contributed by atoms with E-state index in [1.807, 2.05) is 0 Å². The smallest absolute Gasteiger partial charge is 0.0656 e. The van der Waals surface area contributed by atoms with Crippen molar-refractivity contribution in [3.8, 4) is 6.07 Å². The van der Waals surface area contributed by atoms with Crippen LogP contribution in [0.25, 0.3) is 0 Å². The predicted octanol–water partition coefficient (Wildman–Crippen LogP) is 4.19. The number of benzene rings is 1. The topological polar surface area (TPSA) is 27.0 Å². The fourth-order valence-electron chi connectivity index (χ4n) is 3.29. The molecule has 2 heteroatoms. The van der Waals surface area contributed by atoms with Gasteiger partial charge < -0.3 is 4.90 Å². The van der Waals surface area contributed by atoms with Gasteiger partial charge in [0.2, 0.25) is 0 Å². The summed E-state index contributed by atoms with van der Waals surface area (Å²) in [6.07, 6.45) is 5.02. The van der Waals surface area contributed by atoms with Gasteiger partial charge in [0.25, 0.3) is 0 Å². The van der Waals surface area contributed by atoms with Gasteiger partial charge in [-0.05, 0) is 49.3 Å². The molecule has 3 atom stereocenters. The fourth-order valence-corrected chi connectivity index (χ4v) is 3.29. The Morgan fingerprint density at radius 1 is 1.16 bits per heavy atom. The molecule has 102 valence electrons. The highest BCUT2D eigenvalue weighted by Crippen LogP contribution is 2.41. The first-order valence-electron chi connectivity index (χ1n) is 7.30. The van der Waals surface area contributed by atoms with Gasteiger partial charge in [-0.3, -0.25) is 0 Å². The fraction of sp³-hybridized carbons (Fsp3) is 0.588. The summed E-state index contributed by atoms with van der Waals surface area (Å²) in [7, 11) is 4.13. The van der Waals surface area contributed by atoms with Crippen LogP contribution in [0.4, 0.5) is 5.69 Å². The Hall–Kier alpha value is -1.49. The highest BCUT2D eigenvalue weighted by atomic mass is 15.1. The maximum atomic E-state index is 9.21. The van der Waals surface area contributed by atoms with Crippen molar-refractivity contribution in [2.24, 2.45) is 11.8 Å². The van der Waals surface area contributed by atoms with Crippen molar-refractivity contribution < 1.29 is 0 Å². The molecule has 0 heterocycles. The van der Waals surface area contributed by atoms with Crippen LogP contribution < -0.4 is 4.90 Å². The summed E-state index contributed by atoms with van der Waals surface area (Å²) in [5.74, 6) is 1.27. The number of nitriles is 1. The second kappa shape index (κ2) is 6.10. The van der Waals surface area contributed by atoms with Crippen molar-refractivity contribution in [1.82, 2.24) is 0 Å². The lowest BCUT2D eigenvalue weighted by Gasteiger charge is -2.33. The molecular weight excluding hydrogens is 232 g/mol. The summed E-state index contributed by atoms with van der Waals surface area (Å²) in [5.41, 5.74) is 2.65. The molecule has 0 radical (unpaired) electrons. The minimum atomic E-state index is 0.166. The molecule has 1 aromatic carbocycles. The Morgan fingerprint density at radius 3 is 2.37 bits per heavy atom. The van der Waals surface area contributed by atoms with Crippen LogP contribution in [0.5, 0.6) is 0 Å². The van der Waals surface area contributed by atoms with Crippen molar-refractivity contribution in [1.29, 1.82) is 5.26 Å². The zero-order chi connectivity index (χ0) is 13.8. The van der Waals surface area contributed by atoms with Crippen molar-refractivity contribution in [2.75, 3.05) is 19.0 Å². The lowest BCUT2D eigenvalue weighted by molar-refractivity contribution is 0.260. The van der Waals surface area contributed by atoms with Crippen LogP contribution in [0.2, 0.25) is 0 Å². The summed E-state index contributed by atoms with van der Waals surface area (Å²) >= 11 is 0. The van der Waals surface area contributed by atoms with E-state index >= 15 is 0 Å². The van der Waals surface area contributed by atoms with Gasteiger partial charge in [-0.2, -0.15) is 5.26 Å². The molecule has 0 saturated heterocycles. The Morgan fingerprint density at radius 2 is 1.79 bits per heavy atom. The van der Waals surface area contributed by atoms with Crippen LogP contribution in [0.15, 0.2) is 24.3 Å². The molecular formula is C17H24N2. The zero-order valence-electron chi connectivity index (χ0n) is 12.3. The standard InChI is InChI=1S/C17H24N2/c1-13(12-18)16-6-4-5-7-17(16)14-8-10-15(11-9-14)19(2)3/h8-11,13,16-17H,4-7H2,1-3H3. The Labute approximate surface area is 117 Å². The molecule has 0 aromatic heterocycles. The van der Waals surface area contributed by atoms with Gasteiger partial charge in [0.1, 0.15) is 0 Å². The molecule has 1 saturated carbocycles. The Kier molecular flexibility index (Phi) is 4.47. The molecule has 0 bridgehead atoms. The highest BCUT2D eigenvalue weighted by Gasteiger charge is 2.30. The van der Waals surface area contributed by atoms with Crippen molar-refractivity contribution >= 4 is 5.69 Å². The lowest BCUT2D eigenvalue weighted by Crippen LogP contribution is -2.23. The average Bonchev–Trinajstić information content (AvgIpc) is 2.46. The van der Waals surface area contributed by atoms with Crippen LogP contribution in [-0.4, -0.2) is 14.1 Å². The van der Waals surface area contributed by atoms with Gasteiger partial charge in [-0.1, -0.05) is 25.0 Å². The van der Waals surface area contributed by atoms with E-state index < -0.39 is 0 Å². The number of hydrogen-bond donors (Lipinski definition) is 0. The van der Waals surface area contributed by atoms with Gasteiger partial charge in [0, 0.05) is 25.7 Å². The molecule has 0 aliphatic heterocycles. The lowest BCUT2D eigenvalue weighted by atomic mass is 9.70. The third kappa shape index (κ3) is 3.10. The SMILES string of the molecule is CC(C#N)C1CCCCC1c1ccc(N(C)C)cc1. The van der Waals surface area contributed by atoms with E-state index in [1.54, 1.807) is 0 Å². The second-order valence-electron chi connectivity index (χ2n) is 5.96. The van der Waals surface area contributed by atoms with E-state index in [2.05, 4.69) is 56.3 Å². The quantitative estimate of drug-likeness (QED) is 0.811. The second-order valence-corrected chi connectivity index (χ2v) is 5.96. The monoisotopic (exact) mass is 256 g/mol. The van der Waals surface area contributed by atoms with Gasteiger partial charge in [0.05, 0.1) is 6.07 Å². The van der Waals surface area contributed by atoms with Crippen LogP contribution >= 0.6 is 0 Å². The van der Waals surface area contributed by atoms with Gasteiger partial charge >= 0.3 is 0 Å². The first kappa shape index (κ1) is 13.9. The van der Waals surface area contributed by atoms with Crippen LogP contribution in [0.3, 0.4) is 0 Å². The summed E-state index contributed by atoms with van der Waals surface area (Å²) in [6, 6.07) is 11.3. The van der Waals surface area contributed by atoms with Gasteiger partial charge in [0.15, 0.2) is 0 Å². The van der Waals surface area contributed by atoms with Crippen LogP contribution in [-0.2, 0) is 0 Å². The third-order valence-electron chi connectivity index (χ3n) is 4.50. The van der Waals surface area contributed by atoms with Crippen LogP contribution in [0.1, 0.15) is 44.1 Å². The summed E-state index contributed by atoms with van der Waals surface area (Å²) < 4.78 is 0. The largest absolute Gasteiger partial charge is 0.378 e. The first-order chi connectivity index (χ1) is 9.13. The molecule has 0 spiro atoms. The summed E-state index contributed by atoms with van der Waals surface area (Å²) in [6.45, 7) is 2.08. The molecule has 0 amide bonds. The van der Waals surface area contributed by atoms with E-state index in [-0.39, 0.29) is 5.92 Å². The van der Waals surface area contributed by atoms with Gasteiger partial charge in [-0.25, -0.2) is 0 Å². The van der Waals surface area contributed by atoms with E-state index in [0.29, 0.717) is 11.8 Å². The molecule has 1 aliphatic carbocycles. The van der Waals surface area contributed by atoms with E-state index in [4.69, 9.17) is 0 Å². The molecule has 2 nitrogen and oxygen atoms in total. The predicted molar refractivity (Wildman–Crippen MR) is 80.2 cm³/mol. The summed E-state index contributed by atoms with van der Waals surface area (Å²) in [4.78, 5) is 2.13. The van der Waals surface area contributed by atoms with E-state index in [9.17, 15) is 5.26 Å². The minimum Gasteiger partial charge on any atom is -0.378 e. The highest BCUT2D eigenvalue weighted by molar-refractivity contribution is 5.46. The summed E-state index contributed by atoms with van der Waals surface area (Å²) in [5, 5.41) is 9.21. The molecule has 1 aliphatic rings. The molecule has 1 fully saturated rings. The number of anilines is 1. The maximum absolute atomic E-state index is 9.21. The van der Waals surface area contributed by atoms with Crippen LogP contribution in [0, 0.1) is 23.2 Å². The average molecular weight is 256 g/mol. The van der Waals surface area contributed by atoms with Crippen molar-refractivity contribution in [3.63, 3.8) is 0 Å². The first-order valence-corrected chi connectivity index (χ1v) is 7.30. The number of nitrogens with zero attached hydrogens (tertiary/aromatic N) is 2. The van der Waals surface area contributed by atoms with E-state index in [1.165, 1.54) is 36.9 Å². The number of rotatable bonds is 3. The normalized spacial score (nSPS) is 24.5. The molecule has 0 N–H and O–H groups in total.